The Kier molecular flexibility index (Phi) is 3.19. The maximum atomic E-state index is 13.2. The fraction of sp³-hybridized carbons (Fsp3) is 0.462. The third-order valence-corrected chi connectivity index (χ3v) is 3.79. The van der Waals surface area contributed by atoms with E-state index in [2.05, 4.69) is 0 Å². The van der Waals surface area contributed by atoms with Crippen LogP contribution in [0, 0.1) is 5.82 Å². The summed E-state index contributed by atoms with van der Waals surface area (Å²) in [4.78, 5) is 11.4. The second-order valence-electron chi connectivity index (χ2n) is 5.68. The van der Waals surface area contributed by atoms with Crippen molar-refractivity contribution in [1.82, 2.24) is 0 Å². The molecule has 1 heterocycles. The van der Waals surface area contributed by atoms with Gasteiger partial charge in [0, 0.05) is 5.56 Å². The lowest BCUT2D eigenvalue weighted by Crippen LogP contribution is -2.41. The number of rotatable bonds is 2. The maximum Gasteiger partial charge on any atom is 0.495 e. The summed E-state index contributed by atoms with van der Waals surface area (Å²) in [6.45, 7) is 7.61. The van der Waals surface area contributed by atoms with E-state index in [1.165, 1.54) is 12.1 Å². The van der Waals surface area contributed by atoms with Gasteiger partial charge in [-0.05, 0) is 45.3 Å². The molecule has 6 heteroatoms. The minimum Gasteiger partial charge on any atom is -0.399 e. The summed E-state index contributed by atoms with van der Waals surface area (Å²) in [7, 11) is -0.729. The molecule has 102 valence electrons. The van der Waals surface area contributed by atoms with Crippen molar-refractivity contribution in [3.8, 4) is 0 Å². The molecule has 0 radical (unpaired) electrons. The molecule has 2 rings (SSSR count). The third kappa shape index (κ3) is 2.38. The van der Waals surface area contributed by atoms with Crippen LogP contribution >= 0.6 is 0 Å². The average Bonchev–Trinajstić information content (AvgIpc) is 2.47. The fourth-order valence-electron chi connectivity index (χ4n) is 1.92. The summed E-state index contributed by atoms with van der Waals surface area (Å²) >= 11 is 0. The first-order valence-corrected chi connectivity index (χ1v) is 6.09. The highest BCUT2D eigenvalue weighted by molar-refractivity contribution is 6.63. The first-order chi connectivity index (χ1) is 8.64. The molecule has 1 saturated heterocycles. The highest BCUT2D eigenvalue weighted by Crippen LogP contribution is 2.36. The van der Waals surface area contributed by atoms with Gasteiger partial charge in [0.2, 0.25) is 5.91 Å². The molecule has 0 spiro atoms. The summed E-state index contributed by atoms with van der Waals surface area (Å²) in [6, 6.07) is 3.83. The van der Waals surface area contributed by atoms with Gasteiger partial charge in [-0.3, -0.25) is 4.79 Å². The number of hydrogen-bond donors (Lipinski definition) is 1. The van der Waals surface area contributed by atoms with E-state index < -0.39 is 30.0 Å². The predicted octanol–water partition coefficient (Wildman–Crippen LogP) is 1.22. The van der Waals surface area contributed by atoms with Gasteiger partial charge in [0.1, 0.15) is 5.82 Å². The monoisotopic (exact) mass is 265 g/mol. The van der Waals surface area contributed by atoms with Crippen molar-refractivity contribution in [2.24, 2.45) is 5.73 Å². The van der Waals surface area contributed by atoms with Crippen LogP contribution in [0.25, 0.3) is 0 Å². The standard InChI is InChI=1S/C13H17BFNO3/c1-12(2)13(3,4)19-14(18-12)10-6-5-8(15)7-9(10)11(16)17/h5-7H,1-4H3,(H2,16,17). The summed E-state index contributed by atoms with van der Waals surface area (Å²) < 4.78 is 24.9. The van der Waals surface area contributed by atoms with Crippen LogP contribution in [0.2, 0.25) is 0 Å². The number of primary amides is 1. The summed E-state index contributed by atoms with van der Waals surface area (Å²) in [5, 5.41) is 0. The van der Waals surface area contributed by atoms with E-state index in [4.69, 9.17) is 15.0 Å². The number of carbonyl (C=O) groups is 1. The Labute approximate surface area is 112 Å². The van der Waals surface area contributed by atoms with Crippen molar-refractivity contribution in [3.63, 3.8) is 0 Å². The second-order valence-corrected chi connectivity index (χ2v) is 5.68. The molecule has 0 aliphatic carbocycles. The van der Waals surface area contributed by atoms with Gasteiger partial charge in [0.05, 0.1) is 11.2 Å². The molecule has 0 bridgehead atoms. The lowest BCUT2D eigenvalue weighted by atomic mass is 9.75. The summed E-state index contributed by atoms with van der Waals surface area (Å²) in [5.41, 5.74) is 4.75. The Morgan fingerprint density at radius 1 is 1.21 bits per heavy atom. The molecule has 1 fully saturated rings. The summed E-state index contributed by atoms with van der Waals surface area (Å²) in [6.07, 6.45) is 0. The Morgan fingerprint density at radius 3 is 2.21 bits per heavy atom. The minimum absolute atomic E-state index is 0.0819. The SMILES string of the molecule is CC1(C)OB(c2ccc(F)cc2C(N)=O)OC1(C)C. The lowest BCUT2D eigenvalue weighted by molar-refractivity contribution is 0.00578. The van der Waals surface area contributed by atoms with Gasteiger partial charge in [-0.15, -0.1) is 0 Å². The molecule has 4 nitrogen and oxygen atoms in total. The van der Waals surface area contributed by atoms with E-state index in [-0.39, 0.29) is 5.56 Å². The molecule has 1 aliphatic heterocycles. The molecule has 0 unspecified atom stereocenters. The lowest BCUT2D eigenvalue weighted by Gasteiger charge is -2.32. The van der Waals surface area contributed by atoms with Gasteiger partial charge in [-0.2, -0.15) is 0 Å². The van der Waals surface area contributed by atoms with E-state index in [1.54, 1.807) is 0 Å². The average molecular weight is 265 g/mol. The van der Waals surface area contributed by atoms with E-state index in [9.17, 15) is 9.18 Å². The van der Waals surface area contributed by atoms with Crippen molar-refractivity contribution >= 4 is 18.5 Å². The van der Waals surface area contributed by atoms with E-state index in [0.29, 0.717) is 5.46 Å². The molecule has 0 aromatic heterocycles. The third-order valence-electron chi connectivity index (χ3n) is 3.79. The van der Waals surface area contributed by atoms with Crippen molar-refractivity contribution < 1.29 is 18.5 Å². The van der Waals surface area contributed by atoms with Gasteiger partial charge in [0.15, 0.2) is 0 Å². The Hall–Kier alpha value is -1.40. The van der Waals surface area contributed by atoms with Crippen LogP contribution in [0.5, 0.6) is 0 Å². The van der Waals surface area contributed by atoms with Crippen molar-refractivity contribution in [3.05, 3.63) is 29.6 Å². The minimum atomic E-state index is -0.729. The molecular formula is C13H17BFNO3. The fourth-order valence-corrected chi connectivity index (χ4v) is 1.92. The van der Waals surface area contributed by atoms with E-state index in [1.807, 2.05) is 27.7 Å². The number of amides is 1. The van der Waals surface area contributed by atoms with Crippen LogP contribution < -0.4 is 11.2 Å². The first kappa shape index (κ1) is 14.0. The molecule has 1 aliphatic rings. The van der Waals surface area contributed by atoms with Crippen LogP contribution in [-0.4, -0.2) is 24.2 Å². The van der Waals surface area contributed by atoms with Crippen molar-refractivity contribution in [2.45, 2.75) is 38.9 Å². The molecule has 1 amide bonds. The van der Waals surface area contributed by atoms with Crippen molar-refractivity contribution in [2.75, 3.05) is 0 Å². The largest absolute Gasteiger partial charge is 0.495 e. The topological polar surface area (TPSA) is 61.5 Å². The molecule has 2 N–H and O–H groups in total. The van der Waals surface area contributed by atoms with Gasteiger partial charge in [0.25, 0.3) is 0 Å². The molecule has 0 saturated carbocycles. The molecule has 1 aromatic carbocycles. The zero-order valence-corrected chi connectivity index (χ0v) is 11.5. The Morgan fingerprint density at radius 2 is 1.74 bits per heavy atom. The highest BCUT2D eigenvalue weighted by atomic mass is 19.1. The maximum absolute atomic E-state index is 13.2. The number of halogens is 1. The van der Waals surface area contributed by atoms with Crippen LogP contribution in [0.1, 0.15) is 38.1 Å². The first-order valence-electron chi connectivity index (χ1n) is 6.09. The highest BCUT2D eigenvalue weighted by Gasteiger charge is 2.52. The van der Waals surface area contributed by atoms with Crippen LogP contribution in [0.3, 0.4) is 0 Å². The Balaban J connectivity index is 2.42. The van der Waals surface area contributed by atoms with Gasteiger partial charge >= 0.3 is 7.12 Å². The zero-order chi connectivity index (χ0) is 14.4. The number of nitrogens with two attached hydrogens (primary N) is 1. The van der Waals surface area contributed by atoms with Crippen molar-refractivity contribution in [1.29, 1.82) is 0 Å². The van der Waals surface area contributed by atoms with E-state index in [0.717, 1.165) is 6.07 Å². The molecule has 1 aromatic rings. The summed E-state index contributed by atoms with van der Waals surface area (Å²) in [5.74, 6) is -1.22. The Bertz CT molecular complexity index is 515. The number of benzene rings is 1. The van der Waals surface area contributed by atoms with Crippen LogP contribution in [0.15, 0.2) is 18.2 Å². The molecular weight excluding hydrogens is 248 g/mol. The van der Waals surface area contributed by atoms with Crippen LogP contribution in [0.4, 0.5) is 4.39 Å². The van der Waals surface area contributed by atoms with Gasteiger partial charge in [-0.1, -0.05) is 6.07 Å². The molecule has 0 atom stereocenters. The van der Waals surface area contributed by atoms with Gasteiger partial charge < -0.3 is 15.0 Å². The molecule has 19 heavy (non-hydrogen) atoms. The smallest absolute Gasteiger partial charge is 0.399 e. The van der Waals surface area contributed by atoms with Crippen LogP contribution in [-0.2, 0) is 9.31 Å². The number of carbonyl (C=O) groups excluding carboxylic acids is 1. The van der Waals surface area contributed by atoms with Gasteiger partial charge in [-0.25, -0.2) is 4.39 Å². The quantitative estimate of drug-likeness (QED) is 0.818. The second kappa shape index (κ2) is 4.32. The normalized spacial score (nSPS) is 20.6. The number of hydrogen-bond acceptors (Lipinski definition) is 3. The predicted molar refractivity (Wildman–Crippen MR) is 70.6 cm³/mol. The van der Waals surface area contributed by atoms with E-state index >= 15 is 0 Å². The zero-order valence-electron chi connectivity index (χ0n) is 11.5.